The van der Waals surface area contributed by atoms with E-state index in [-0.39, 0.29) is 36.8 Å². The molecule has 21 heavy (non-hydrogen) atoms. The Morgan fingerprint density at radius 1 is 1.33 bits per heavy atom. The van der Waals surface area contributed by atoms with Crippen molar-refractivity contribution in [3.05, 3.63) is 53.9 Å². The molecule has 6 heteroatoms. The number of benzene rings is 1. The second-order valence-electron chi connectivity index (χ2n) is 4.88. The Morgan fingerprint density at radius 3 is 2.52 bits per heavy atom. The maximum atomic E-state index is 12.3. The Hall–Kier alpha value is -1.85. The number of nitrogens with zero attached hydrogens (tertiary/aromatic N) is 2. The van der Waals surface area contributed by atoms with E-state index in [1.54, 1.807) is 10.9 Å². The van der Waals surface area contributed by atoms with Crippen LogP contribution in [0.3, 0.4) is 0 Å². The van der Waals surface area contributed by atoms with E-state index in [2.05, 4.69) is 10.4 Å². The molecule has 2 aromatic rings. The molecule has 0 saturated carbocycles. The number of hydrogen-bond acceptors (Lipinski definition) is 3. The van der Waals surface area contributed by atoms with Crippen LogP contribution in [-0.4, -0.2) is 22.2 Å². The minimum atomic E-state index is -0.324. The van der Waals surface area contributed by atoms with Gasteiger partial charge in [0.1, 0.15) is 0 Å². The van der Waals surface area contributed by atoms with Gasteiger partial charge in [-0.15, -0.1) is 12.4 Å². The molecule has 0 aliphatic carbocycles. The SMILES string of the molecule is CC(NC(=O)C(CN)c1ccccc1)c1cnn(C)c1.Cl. The quantitative estimate of drug-likeness (QED) is 0.884. The predicted octanol–water partition coefficient (Wildman–Crippen LogP) is 1.76. The fourth-order valence-electron chi connectivity index (χ4n) is 2.14. The van der Waals surface area contributed by atoms with E-state index in [0.29, 0.717) is 0 Å². The monoisotopic (exact) mass is 308 g/mol. The number of hydrogen-bond donors (Lipinski definition) is 2. The van der Waals surface area contributed by atoms with Gasteiger partial charge in [0, 0.05) is 25.4 Å². The molecule has 0 fully saturated rings. The van der Waals surface area contributed by atoms with Crippen molar-refractivity contribution < 1.29 is 4.79 Å². The Morgan fingerprint density at radius 2 is 2.00 bits per heavy atom. The molecule has 2 atom stereocenters. The van der Waals surface area contributed by atoms with Crippen LogP contribution in [-0.2, 0) is 11.8 Å². The van der Waals surface area contributed by atoms with Crippen molar-refractivity contribution in [3.63, 3.8) is 0 Å². The van der Waals surface area contributed by atoms with Gasteiger partial charge in [0.2, 0.25) is 5.91 Å². The van der Waals surface area contributed by atoms with Crippen molar-refractivity contribution in [2.75, 3.05) is 6.54 Å². The highest BCUT2D eigenvalue weighted by atomic mass is 35.5. The molecule has 0 bridgehead atoms. The third-order valence-electron chi connectivity index (χ3n) is 3.34. The zero-order chi connectivity index (χ0) is 14.5. The van der Waals surface area contributed by atoms with Gasteiger partial charge in [-0.05, 0) is 12.5 Å². The number of aryl methyl sites for hydroxylation is 1. The summed E-state index contributed by atoms with van der Waals surface area (Å²) in [6.07, 6.45) is 3.65. The third kappa shape index (κ3) is 4.31. The van der Waals surface area contributed by atoms with Crippen molar-refractivity contribution in [3.8, 4) is 0 Å². The number of amides is 1. The van der Waals surface area contributed by atoms with Crippen molar-refractivity contribution in [2.45, 2.75) is 18.9 Å². The highest BCUT2D eigenvalue weighted by Gasteiger charge is 2.21. The van der Waals surface area contributed by atoms with Crippen molar-refractivity contribution in [2.24, 2.45) is 12.8 Å². The lowest BCUT2D eigenvalue weighted by Crippen LogP contribution is -2.35. The normalized spacial score (nSPS) is 13.1. The average molecular weight is 309 g/mol. The van der Waals surface area contributed by atoms with Crippen LogP contribution in [0.1, 0.15) is 30.0 Å². The number of carbonyl (C=O) groups excluding carboxylic acids is 1. The minimum Gasteiger partial charge on any atom is -0.349 e. The van der Waals surface area contributed by atoms with Gasteiger partial charge >= 0.3 is 0 Å². The van der Waals surface area contributed by atoms with E-state index in [1.807, 2.05) is 50.5 Å². The fraction of sp³-hybridized carbons (Fsp3) is 0.333. The summed E-state index contributed by atoms with van der Waals surface area (Å²) >= 11 is 0. The molecule has 1 amide bonds. The highest BCUT2D eigenvalue weighted by molar-refractivity contribution is 5.85. The van der Waals surface area contributed by atoms with Crippen LogP contribution < -0.4 is 11.1 Å². The van der Waals surface area contributed by atoms with Gasteiger partial charge in [0.25, 0.3) is 0 Å². The topological polar surface area (TPSA) is 72.9 Å². The van der Waals surface area contributed by atoms with Gasteiger partial charge in [-0.2, -0.15) is 5.10 Å². The lowest BCUT2D eigenvalue weighted by Gasteiger charge is -2.18. The third-order valence-corrected chi connectivity index (χ3v) is 3.34. The van der Waals surface area contributed by atoms with Crippen molar-refractivity contribution in [1.82, 2.24) is 15.1 Å². The van der Waals surface area contributed by atoms with Crippen molar-refractivity contribution >= 4 is 18.3 Å². The molecule has 2 rings (SSSR count). The second kappa shape index (κ2) is 7.81. The van der Waals surface area contributed by atoms with Gasteiger partial charge in [-0.25, -0.2) is 0 Å². The molecular formula is C15H21ClN4O. The van der Waals surface area contributed by atoms with Crippen LogP contribution in [0.5, 0.6) is 0 Å². The summed E-state index contributed by atoms with van der Waals surface area (Å²) in [4.78, 5) is 12.3. The summed E-state index contributed by atoms with van der Waals surface area (Å²) in [6.45, 7) is 2.23. The molecule has 0 aliphatic heterocycles. The van der Waals surface area contributed by atoms with Crippen LogP contribution >= 0.6 is 12.4 Å². The van der Waals surface area contributed by atoms with Crippen LogP contribution in [0, 0.1) is 0 Å². The maximum Gasteiger partial charge on any atom is 0.229 e. The average Bonchev–Trinajstić information content (AvgIpc) is 2.87. The first kappa shape index (κ1) is 17.2. The number of carbonyl (C=O) groups is 1. The molecule has 114 valence electrons. The van der Waals surface area contributed by atoms with Gasteiger partial charge in [0.05, 0.1) is 18.2 Å². The van der Waals surface area contributed by atoms with Crippen molar-refractivity contribution in [1.29, 1.82) is 0 Å². The molecule has 2 unspecified atom stereocenters. The van der Waals surface area contributed by atoms with E-state index in [1.165, 1.54) is 0 Å². The largest absolute Gasteiger partial charge is 0.349 e. The van der Waals surface area contributed by atoms with Crippen LogP contribution in [0.4, 0.5) is 0 Å². The molecule has 1 aromatic carbocycles. The predicted molar refractivity (Wildman–Crippen MR) is 85.3 cm³/mol. The van der Waals surface area contributed by atoms with E-state index >= 15 is 0 Å². The summed E-state index contributed by atoms with van der Waals surface area (Å²) in [7, 11) is 1.85. The molecule has 3 N–H and O–H groups in total. The molecular weight excluding hydrogens is 288 g/mol. The summed E-state index contributed by atoms with van der Waals surface area (Å²) in [5, 5.41) is 7.10. The maximum absolute atomic E-state index is 12.3. The van der Waals surface area contributed by atoms with Gasteiger partial charge in [-0.1, -0.05) is 30.3 Å². The molecule has 1 heterocycles. The first-order chi connectivity index (χ1) is 9.61. The molecule has 1 aromatic heterocycles. The summed E-state index contributed by atoms with van der Waals surface area (Å²) in [5.41, 5.74) is 7.66. The minimum absolute atomic E-state index is 0. The zero-order valence-electron chi connectivity index (χ0n) is 12.2. The summed E-state index contributed by atoms with van der Waals surface area (Å²) in [5.74, 6) is -0.384. The lowest BCUT2D eigenvalue weighted by molar-refractivity contribution is -0.123. The van der Waals surface area contributed by atoms with E-state index in [4.69, 9.17) is 5.73 Å². The van der Waals surface area contributed by atoms with E-state index < -0.39 is 0 Å². The first-order valence-electron chi connectivity index (χ1n) is 6.65. The lowest BCUT2D eigenvalue weighted by atomic mass is 9.98. The van der Waals surface area contributed by atoms with Crippen LogP contribution in [0.15, 0.2) is 42.7 Å². The molecule has 0 radical (unpaired) electrons. The van der Waals surface area contributed by atoms with E-state index in [9.17, 15) is 4.79 Å². The second-order valence-corrected chi connectivity index (χ2v) is 4.88. The highest BCUT2D eigenvalue weighted by Crippen LogP contribution is 2.17. The van der Waals surface area contributed by atoms with Gasteiger partial charge in [0.15, 0.2) is 0 Å². The molecule has 5 nitrogen and oxygen atoms in total. The zero-order valence-corrected chi connectivity index (χ0v) is 13.0. The Balaban J connectivity index is 0.00000220. The van der Waals surface area contributed by atoms with Gasteiger partial charge < -0.3 is 11.1 Å². The van der Waals surface area contributed by atoms with E-state index in [0.717, 1.165) is 11.1 Å². The Kier molecular flexibility index (Phi) is 6.39. The molecule has 0 spiro atoms. The number of nitrogens with two attached hydrogens (primary N) is 1. The molecule has 0 saturated heterocycles. The number of rotatable bonds is 5. The fourth-order valence-corrected chi connectivity index (χ4v) is 2.14. The number of nitrogens with one attached hydrogen (secondary N) is 1. The Bertz CT molecular complexity index is 570. The standard InChI is InChI=1S/C15H20N4O.ClH/c1-11(13-9-17-19(2)10-13)18-15(20)14(8-16)12-6-4-3-5-7-12;/h3-7,9-11,14H,8,16H2,1-2H3,(H,18,20);1H. The van der Waals surface area contributed by atoms with Crippen LogP contribution in [0.2, 0.25) is 0 Å². The first-order valence-corrected chi connectivity index (χ1v) is 6.65. The number of aromatic nitrogens is 2. The molecule has 0 aliphatic rings. The summed E-state index contributed by atoms with van der Waals surface area (Å²) < 4.78 is 1.72. The Labute approximate surface area is 130 Å². The number of halogens is 1. The smallest absolute Gasteiger partial charge is 0.229 e. The van der Waals surface area contributed by atoms with Crippen LogP contribution in [0.25, 0.3) is 0 Å². The van der Waals surface area contributed by atoms with Gasteiger partial charge in [-0.3, -0.25) is 9.48 Å². The summed E-state index contributed by atoms with van der Waals surface area (Å²) in [6, 6.07) is 9.50.